The highest BCUT2D eigenvalue weighted by Gasteiger charge is 2.37. The number of alkyl halides is 3. The molecule has 1 rings (SSSR count). The second-order valence-corrected chi connectivity index (χ2v) is 4.07. The molecule has 3 nitrogen and oxygen atoms in total. The van der Waals surface area contributed by atoms with Crippen molar-refractivity contribution in [1.82, 2.24) is 0 Å². The lowest BCUT2D eigenvalue weighted by atomic mass is 10.0. The Morgan fingerprint density at radius 3 is 2.32 bits per heavy atom. The molecule has 0 saturated heterocycles. The van der Waals surface area contributed by atoms with Crippen LogP contribution >= 0.6 is 11.6 Å². The first-order chi connectivity index (χ1) is 8.55. The number of hydrogen-bond donors (Lipinski definition) is 2. The Kier molecular flexibility index (Phi) is 4.36. The van der Waals surface area contributed by atoms with Gasteiger partial charge in [-0.05, 0) is 6.07 Å². The van der Waals surface area contributed by atoms with Crippen LogP contribution in [0.25, 0.3) is 0 Å². The zero-order valence-corrected chi connectivity index (χ0v) is 9.82. The van der Waals surface area contributed by atoms with E-state index in [4.69, 9.17) is 22.4 Å². The monoisotopic (exact) mass is 303 g/mol. The minimum absolute atomic E-state index is 0.198. The Morgan fingerprint density at radius 1 is 1.37 bits per heavy atom. The van der Waals surface area contributed by atoms with Gasteiger partial charge in [0.1, 0.15) is 6.04 Å². The lowest BCUT2D eigenvalue weighted by Gasteiger charge is -2.14. The number of hydrogen-bond acceptors (Lipinski definition) is 2. The van der Waals surface area contributed by atoms with Crippen LogP contribution in [-0.4, -0.2) is 17.1 Å². The minimum atomic E-state index is -5.11. The number of carboxylic acid groups (broad SMARTS) is 1. The summed E-state index contributed by atoms with van der Waals surface area (Å²) in [4.78, 5) is 10.5. The Labute approximate surface area is 108 Å². The molecular weight excluding hydrogens is 297 g/mol. The van der Waals surface area contributed by atoms with Gasteiger partial charge in [-0.1, -0.05) is 11.6 Å². The Bertz CT molecular complexity index is 518. The first kappa shape index (κ1) is 15.6. The van der Waals surface area contributed by atoms with Crippen molar-refractivity contribution in [3.63, 3.8) is 0 Å². The van der Waals surface area contributed by atoms with Gasteiger partial charge in [-0.25, -0.2) is 8.78 Å². The highest BCUT2D eigenvalue weighted by Crippen LogP contribution is 2.36. The third-order valence-electron chi connectivity index (χ3n) is 2.30. The van der Waals surface area contributed by atoms with Crippen LogP contribution in [-0.2, 0) is 17.4 Å². The van der Waals surface area contributed by atoms with E-state index in [2.05, 4.69) is 0 Å². The normalized spacial score (nSPS) is 13.4. The fourth-order valence-electron chi connectivity index (χ4n) is 1.33. The Hall–Kier alpha value is -1.41. The standard InChI is InChI=1S/C10H7ClF5NO2/c11-5-2-4(10(14,15)16)8(13)7(12)3(5)1-6(17)9(18)19/h2,6H,1,17H2,(H,18,19). The van der Waals surface area contributed by atoms with Crippen LogP contribution in [0.1, 0.15) is 11.1 Å². The maximum absolute atomic E-state index is 13.5. The number of carbonyl (C=O) groups is 1. The average molecular weight is 304 g/mol. The third kappa shape index (κ3) is 3.32. The van der Waals surface area contributed by atoms with E-state index in [1.807, 2.05) is 0 Å². The van der Waals surface area contributed by atoms with Crippen LogP contribution in [0.5, 0.6) is 0 Å². The topological polar surface area (TPSA) is 63.3 Å². The minimum Gasteiger partial charge on any atom is -0.480 e. The summed E-state index contributed by atoms with van der Waals surface area (Å²) in [5.74, 6) is -5.50. The molecule has 0 saturated carbocycles. The summed E-state index contributed by atoms with van der Waals surface area (Å²) in [7, 11) is 0. The zero-order chi connectivity index (χ0) is 15.0. The number of nitrogens with two attached hydrogens (primary N) is 1. The van der Waals surface area contributed by atoms with E-state index in [1.54, 1.807) is 0 Å². The largest absolute Gasteiger partial charge is 0.480 e. The van der Waals surface area contributed by atoms with Gasteiger partial charge in [-0.15, -0.1) is 0 Å². The Morgan fingerprint density at radius 2 is 1.89 bits per heavy atom. The smallest absolute Gasteiger partial charge is 0.419 e. The summed E-state index contributed by atoms with van der Waals surface area (Å²) >= 11 is 5.41. The van der Waals surface area contributed by atoms with Crippen LogP contribution in [0, 0.1) is 11.6 Å². The summed E-state index contributed by atoms with van der Waals surface area (Å²) < 4.78 is 63.8. The molecule has 0 aliphatic rings. The van der Waals surface area contributed by atoms with Gasteiger partial charge in [0.05, 0.1) is 5.56 Å². The molecule has 0 heterocycles. The van der Waals surface area contributed by atoms with Gasteiger partial charge in [-0.2, -0.15) is 13.2 Å². The molecule has 0 amide bonds. The van der Waals surface area contributed by atoms with Crippen molar-refractivity contribution in [2.75, 3.05) is 0 Å². The van der Waals surface area contributed by atoms with Gasteiger partial charge < -0.3 is 10.8 Å². The van der Waals surface area contributed by atoms with E-state index in [-0.39, 0.29) is 6.07 Å². The SMILES string of the molecule is NC(Cc1c(Cl)cc(C(F)(F)F)c(F)c1F)C(=O)O. The van der Waals surface area contributed by atoms with E-state index < -0.39 is 52.4 Å². The van der Waals surface area contributed by atoms with Crippen molar-refractivity contribution in [2.45, 2.75) is 18.6 Å². The molecule has 1 aromatic carbocycles. The summed E-state index contributed by atoms with van der Waals surface area (Å²) in [5, 5.41) is 7.78. The number of rotatable bonds is 3. The summed E-state index contributed by atoms with van der Waals surface area (Å²) in [6.45, 7) is 0. The first-order valence-electron chi connectivity index (χ1n) is 4.77. The molecule has 0 aliphatic heterocycles. The van der Waals surface area contributed by atoms with E-state index in [1.165, 1.54) is 0 Å². The van der Waals surface area contributed by atoms with Gasteiger partial charge in [-0.3, -0.25) is 4.79 Å². The molecule has 0 fully saturated rings. The van der Waals surface area contributed by atoms with Gasteiger partial charge in [0.2, 0.25) is 0 Å². The van der Waals surface area contributed by atoms with Crippen LogP contribution in [0.2, 0.25) is 5.02 Å². The van der Waals surface area contributed by atoms with Crippen molar-refractivity contribution < 1.29 is 31.9 Å². The first-order valence-corrected chi connectivity index (χ1v) is 5.15. The van der Waals surface area contributed by atoms with Gasteiger partial charge in [0.15, 0.2) is 11.6 Å². The third-order valence-corrected chi connectivity index (χ3v) is 2.64. The summed E-state index contributed by atoms with van der Waals surface area (Å²) in [6.07, 6.45) is -5.84. The van der Waals surface area contributed by atoms with Gasteiger partial charge in [0, 0.05) is 17.0 Å². The van der Waals surface area contributed by atoms with Gasteiger partial charge in [0.25, 0.3) is 0 Å². The van der Waals surface area contributed by atoms with Crippen LogP contribution in [0.4, 0.5) is 22.0 Å². The predicted molar refractivity (Wildman–Crippen MR) is 55.7 cm³/mol. The molecule has 0 aromatic heterocycles. The molecule has 1 atom stereocenters. The quantitative estimate of drug-likeness (QED) is 0.666. The number of benzene rings is 1. The van der Waals surface area contributed by atoms with E-state index in [0.29, 0.717) is 0 Å². The predicted octanol–water partition coefficient (Wildman–Crippen LogP) is 2.59. The molecule has 1 unspecified atom stereocenters. The molecular formula is C10H7ClF5NO2. The van der Waals surface area contributed by atoms with E-state index >= 15 is 0 Å². The lowest BCUT2D eigenvalue weighted by molar-refractivity contribution is -0.140. The number of aliphatic carboxylic acids is 1. The Balaban J connectivity index is 3.31. The lowest BCUT2D eigenvalue weighted by Crippen LogP contribution is -2.33. The second-order valence-electron chi connectivity index (χ2n) is 3.66. The van der Waals surface area contributed by atoms with Crippen LogP contribution < -0.4 is 5.73 Å². The van der Waals surface area contributed by atoms with E-state index in [0.717, 1.165) is 0 Å². The molecule has 106 valence electrons. The molecule has 0 spiro atoms. The maximum atomic E-state index is 13.5. The molecule has 0 bridgehead atoms. The fourth-order valence-corrected chi connectivity index (χ4v) is 1.60. The molecule has 0 radical (unpaired) electrons. The second kappa shape index (κ2) is 5.30. The van der Waals surface area contributed by atoms with Crippen molar-refractivity contribution in [1.29, 1.82) is 0 Å². The molecule has 9 heteroatoms. The van der Waals surface area contributed by atoms with Crippen molar-refractivity contribution in [2.24, 2.45) is 5.73 Å². The molecule has 3 N–H and O–H groups in total. The highest BCUT2D eigenvalue weighted by molar-refractivity contribution is 6.31. The van der Waals surface area contributed by atoms with E-state index in [9.17, 15) is 26.7 Å². The number of halogens is 6. The van der Waals surface area contributed by atoms with Crippen LogP contribution in [0.15, 0.2) is 6.07 Å². The van der Waals surface area contributed by atoms with Crippen molar-refractivity contribution in [3.05, 3.63) is 33.9 Å². The zero-order valence-electron chi connectivity index (χ0n) is 9.06. The van der Waals surface area contributed by atoms with Crippen molar-refractivity contribution >= 4 is 17.6 Å². The molecule has 19 heavy (non-hydrogen) atoms. The molecule has 1 aromatic rings. The average Bonchev–Trinajstić information content (AvgIpc) is 2.27. The fraction of sp³-hybridized carbons (Fsp3) is 0.300. The summed E-state index contributed by atoms with van der Waals surface area (Å²) in [5.41, 5.74) is 2.53. The van der Waals surface area contributed by atoms with Crippen LogP contribution in [0.3, 0.4) is 0 Å². The highest BCUT2D eigenvalue weighted by atomic mass is 35.5. The maximum Gasteiger partial charge on any atom is 0.419 e. The number of carboxylic acids is 1. The van der Waals surface area contributed by atoms with Gasteiger partial charge >= 0.3 is 12.1 Å². The summed E-state index contributed by atoms with van der Waals surface area (Å²) in [6, 6.07) is -1.41. The molecule has 0 aliphatic carbocycles. The van der Waals surface area contributed by atoms with Crippen molar-refractivity contribution in [3.8, 4) is 0 Å².